The molecule has 1 aromatic heterocycles. The molecule has 2 rings (SSSR count). The van der Waals surface area contributed by atoms with Crippen molar-refractivity contribution >= 4 is 11.0 Å². The van der Waals surface area contributed by atoms with E-state index in [0.29, 0.717) is 11.0 Å². The van der Waals surface area contributed by atoms with Gasteiger partial charge in [0.25, 0.3) is 6.08 Å². The lowest BCUT2D eigenvalue weighted by Crippen LogP contribution is -2.10. The van der Waals surface area contributed by atoms with Gasteiger partial charge in [-0.25, -0.2) is 4.98 Å². The normalized spacial score (nSPS) is 12.2. The van der Waals surface area contributed by atoms with Gasteiger partial charge in [-0.1, -0.05) is 12.1 Å². The highest BCUT2D eigenvalue weighted by molar-refractivity contribution is 5.75. The number of aryl methyl sites for hydroxylation is 1. The first-order valence-electron chi connectivity index (χ1n) is 5.15. The molecule has 2 nitrogen and oxygen atoms in total. The van der Waals surface area contributed by atoms with Gasteiger partial charge in [-0.2, -0.15) is 17.6 Å². The van der Waals surface area contributed by atoms with Crippen LogP contribution in [0.2, 0.25) is 0 Å². The summed E-state index contributed by atoms with van der Waals surface area (Å²) in [6.07, 6.45) is -6.01. The highest BCUT2D eigenvalue weighted by Crippen LogP contribution is 2.23. The lowest BCUT2D eigenvalue weighted by atomic mass is 10.3. The van der Waals surface area contributed by atoms with Crippen LogP contribution in [0.15, 0.2) is 24.3 Å². The standard InChI is InChI=1S/C11H10F4N2/c12-10-16-8-4-1-2-5-9(8)17(10)7-3-6-11(13,14)15/h1-2,4-5H,3,6-7H2. The van der Waals surface area contributed by atoms with Gasteiger partial charge in [0.15, 0.2) is 0 Å². The topological polar surface area (TPSA) is 17.8 Å². The number of aromatic nitrogens is 2. The molecule has 92 valence electrons. The van der Waals surface area contributed by atoms with E-state index in [-0.39, 0.29) is 13.0 Å². The quantitative estimate of drug-likeness (QED) is 0.758. The van der Waals surface area contributed by atoms with Gasteiger partial charge in [-0.05, 0) is 18.6 Å². The van der Waals surface area contributed by atoms with E-state index in [9.17, 15) is 17.6 Å². The molecule has 0 N–H and O–H groups in total. The number of nitrogens with zero attached hydrogens (tertiary/aromatic N) is 2. The van der Waals surface area contributed by atoms with E-state index in [0.717, 1.165) is 0 Å². The number of hydrogen-bond donors (Lipinski definition) is 0. The first kappa shape index (κ1) is 11.9. The van der Waals surface area contributed by atoms with Gasteiger partial charge >= 0.3 is 6.18 Å². The number of imidazole rings is 1. The molecule has 0 aliphatic carbocycles. The fourth-order valence-electron chi connectivity index (χ4n) is 1.70. The molecule has 0 fully saturated rings. The Kier molecular flexibility index (Phi) is 3.04. The zero-order chi connectivity index (χ0) is 12.5. The lowest BCUT2D eigenvalue weighted by Gasteiger charge is -2.07. The first-order chi connectivity index (χ1) is 7.97. The minimum Gasteiger partial charge on any atom is -0.300 e. The van der Waals surface area contributed by atoms with Crippen LogP contribution >= 0.6 is 0 Å². The Balaban J connectivity index is 2.15. The maximum Gasteiger partial charge on any atom is 0.389 e. The Hall–Kier alpha value is -1.59. The van der Waals surface area contributed by atoms with Crippen molar-refractivity contribution in [3.05, 3.63) is 30.3 Å². The van der Waals surface area contributed by atoms with Crippen LogP contribution in [0.4, 0.5) is 17.6 Å². The molecule has 0 saturated carbocycles. The lowest BCUT2D eigenvalue weighted by molar-refractivity contribution is -0.135. The Morgan fingerprint density at radius 2 is 1.88 bits per heavy atom. The van der Waals surface area contributed by atoms with E-state index in [1.54, 1.807) is 24.3 Å². The summed E-state index contributed by atoms with van der Waals surface area (Å²) in [5.74, 6) is 0. The zero-order valence-electron chi connectivity index (χ0n) is 8.84. The average Bonchev–Trinajstić information content (AvgIpc) is 2.54. The van der Waals surface area contributed by atoms with E-state index in [1.807, 2.05) is 0 Å². The maximum absolute atomic E-state index is 13.4. The van der Waals surface area contributed by atoms with Crippen LogP contribution in [-0.2, 0) is 6.54 Å². The SMILES string of the molecule is Fc1nc2ccccc2n1CCCC(F)(F)F. The molecule has 0 aliphatic rings. The third-order valence-corrected chi connectivity index (χ3v) is 2.45. The molecular formula is C11H10F4N2. The number of fused-ring (bicyclic) bond motifs is 1. The van der Waals surface area contributed by atoms with Crippen molar-refractivity contribution in [2.45, 2.75) is 25.6 Å². The summed E-state index contributed by atoms with van der Waals surface area (Å²) >= 11 is 0. The molecule has 2 aromatic rings. The Morgan fingerprint density at radius 3 is 2.59 bits per heavy atom. The summed E-state index contributed by atoms with van der Waals surface area (Å²) in [6.45, 7) is -0.0220. The number of halogens is 4. The molecule has 0 unspecified atom stereocenters. The summed E-state index contributed by atoms with van der Waals surface area (Å²) in [6, 6.07) is 6.66. The molecule has 0 saturated heterocycles. The van der Waals surface area contributed by atoms with Gasteiger partial charge in [0.05, 0.1) is 11.0 Å². The van der Waals surface area contributed by atoms with Crippen molar-refractivity contribution in [1.29, 1.82) is 0 Å². The highest BCUT2D eigenvalue weighted by atomic mass is 19.4. The van der Waals surface area contributed by atoms with Gasteiger partial charge in [0, 0.05) is 13.0 Å². The number of benzene rings is 1. The van der Waals surface area contributed by atoms with Crippen LogP contribution in [0.1, 0.15) is 12.8 Å². The summed E-state index contributed by atoms with van der Waals surface area (Å²) in [5.41, 5.74) is 0.976. The second-order valence-electron chi connectivity index (χ2n) is 3.74. The molecule has 0 bridgehead atoms. The fourth-order valence-corrected chi connectivity index (χ4v) is 1.70. The van der Waals surface area contributed by atoms with Crippen LogP contribution in [0, 0.1) is 6.08 Å². The van der Waals surface area contributed by atoms with E-state index < -0.39 is 18.7 Å². The van der Waals surface area contributed by atoms with E-state index in [1.165, 1.54) is 4.57 Å². The van der Waals surface area contributed by atoms with Crippen molar-refractivity contribution in [2.24, 2.45) is 0 Å². The molecular weight excluding hydrogens is 236 g/mol. The predicted molar refractivity (Wildman–Crippen MR) is 55.0 cm³/mol. The van der Waals surface area contributed by atoms with Gasteiger partial charge in [-0.15, -0.1) is 0 Å². The number of alkyl halides is 3. The van der Waals surface area contributed by atoms with Crippen molar-refractivity contribution in [3.63, 3.8) is 0 Å². The van der Waals surface area contributed by atoms with Crippen LogP contribution in [0.3, 0.4) is 0 Å². The summed E-state index contributed by atoms with van der Waals surface area (Å²) < 4.78 is 50.5. The largest absolute Gasteiger partial charge is 0.389 e. The number of para-hydroxylation sites is 2. The van der Waals surface area contributed by atoms with E-state index in [2.05, 4.69) is 4.98 Å². The van der Waals surface area contributed by atoms with Crippen LogP contribution in [-0.4, -0.2) is 15.7 Å². The Labute approximate surface area is 94.9 Å². The number of rotatable bonds is 3. The van der Waals surface area contributed by atoms with Crippen molar-refractivity contribution in [3.8, 4) is 0 Å². The molecule has 0 atom stereocenters. The van der Waals surface area contributed by atoms with E-state index >= 15 is 0 Å². The monoisotopic (exact) mass is 246 g/mol. The Bertz CT molecular complexity index is 516. The predicted octanol–water partition coefficient (Wildman–Crippen LogP) is 3.52. The minimum absolute atomic E-state index is 0.0220. The third-order valence-electron chi connectivity index (χ3n) is 2.45. The van der Waals surface area contributed by atoms with Crippen molar-refractivity contribution in [1.82, 2.24) is 9.55 Å². The maximum atomic E-state index is 13.4. The molecule has 0 spiro atoms. The second-order valence-corrected chi connectivity index (χ2v) is 3.74. The molecule has 6 heteroatoms. The van der Waals surface area contributed by atoms with Crippen molar-refractivity contribution in [2.75, 3.05) is 0 Å². The molecule has 0 amide bonds. The smallest absolute Gasteiger partial charge is 0.300 e. The highest BCUT2D eigenvalue weighted by Gasteiger charge is 2.26. The zero-order valence-corrected chi connectivity index (χ0v) is 8.84. The molecule has 1 aromatic carbocycles. The summed E-state index contributed by atoms with van der Waals surface area (Å²) in [7, 11) is 0. The third kappa shape index (κ3) is 2.75. The molecule has 0 aliphatic heterocycles. The minimum atomic E-state index is -4.20. The first-order valence-corrected chi connectivity index (χ1v) is 5.15. The fraction of sp³-hybridized carbons (Fsp3) is 0.364. The van der Waals surface area contributed by atoms with Gasteiger partial charge < -0.3 is 4.57 Å². The molecule has 17 heavy (non-hydrogen) atoms. The van der Waals surface area contributed by atoms with Gasteiger partial charge in [0.2, 0.25) is 0 Å². The van der Waals surface area contributed by atoms with Crippen LogP contribution in [0.25, 0.3) is 11.0 Å². The second kappa shape index (κ2) is 4.35. The average molecular weight is 246 g/mol. The van der Waals surface area contributed by atoms with Crippen LogP contribution < -0.4 is 0 Å². The Morgan fingerprint density at radius 1 is 1.18 bits per heavy atom. The van der Waals surface area contributed by atoms with Crippen molar-refractivity contribution < 1.29 is 17.6 Å². The van der Waals surface area contributed by atoms with E-state index in [4.69, 9.17) is 0 Å². The summed E-state index contributed by atoms with van der Waals surface area (Å²) in [4.78, 5) is 3.64. The molecule has 0 radical (unpaired) electrons. The van der Waals surface area contributed by atoms with Gasteiger partial charge in [0.1, 0.15) is 0 Å². The van der Waals surface area contributed by atoms with Gasteiger partial charge in [-0.3, -0.25) is 0 Å². The summed E-state index contributed by atoms with van der Waals surface area (Å²) in [5, 5.41) is 0. The van der Waals surface area contributed by atoms with Crippen LogP contribution in [0.5, 0.6) is 0 Å². The molecule has 1 heterocycles. The number of hydrogen-bond acceptors (Lipinski definition) is 1.